The van der Waals surface area contributed by atoms with Crippen molar-refractivity contribution in [1.29, 1.82) is 0 Å². The Morgan fingerprint density at radius 1 is 0.407 bits per heavy atom. The summed E-state index contributed by atoms with van der Waals surface area (Å²) in [5.74, 6) is 0.210. The molecule has 0 aliphatic carbocycles. The van der Waals surface area contributed by atoms with Gasteiger partial charge in [-0.3, -0.25) is 0 Å². The van der Waals surface area contributed by atoms with Crippen LogP contribution in [-0.2, 0) is 0 Å². The molecule has 0 spiro atoms. The maximum atomic E-state index is 2.38. The molecule has 0 fully saturated rings. The molecule has 0 nitrogen and oxygen atoms in total. The molecule has 0 heteroatoms. The average molecular weight is 344 g/mol. The van der Waals surface area contributed by atoms with E-state index in [0.717, 1.165) is 0 Å². The van der Waals surface area contributed by atoms with Gasteiger partial charge in [0, 0.05) is 5.92 Å². The van der Waals surface area contributed by atoms with Gasteiger partial charge in [-0.05, 0) is 44.3 Å². The molecule has 0 aliphatic rings. The minimum absolute atomic E-state index is 0.210. The average Bonchev–Trinajstić information content (AvgIpc) is 2.76. The molecule has 0 saturated carbocycles. The Kier molecular flexibility index (Phi) is 3.95. The predicted octanol–water partition coefficient (Wildman–Crippen LogP) is 7.17. The van der Waals surface area contributed by atoms with Crippen molar-refractivity contribution in [2.45, 2.75) is 5.92 Å². The molecule has 5 aromatic rings. The fraction of sp³-hybridized carbons (Fsp3) is 0.0370. The number of fused-ring (bicyclic) bond motifs is 3. The summed E-state index contributed by atoms with van der Waals surface area (Å²) in [7, 11) is 0. The quantitative estimate of drug-likeness (QED) is 0.240. The van der Waals surface area contributed by atoms with E-state index >= 15 is 0 Å². The summed E-state index contributed by atoms with van der Waals surface area (Å²) in [6, 6.07) is 41.5. The van der Waals surface area contributed by atoms with E-state index in [4.69, 9.17) is 0 Å². The molecule has 27 heavy (non-hydrogen) atoms. The third-order valence-corrected chi connectivity index (χ3v) is 5.38. The van der Waals surface area contributed by atoms with Crippen molar-refractivity contribution in [3.05, 3.63) is 132 Å². The lowest BCUT2D eigenvalue weighted by Crippen LogP contribution is -2.04. The number of hydrogen-bond donors (Lipinski definition) is 0. The lowest BCUT2D eigenvalue weighted by Gasteiger charge is -2.22. The smallest absolute Gasteiger partial charge is 0.0346 e. The number of rotatable bonds is 3. The minimum Gasteiger partial charge on any atom is -0.0622 e. The van der Waals surface area contributed by atoms with Crippen LogP contribution in [0.5, 0.6) is 0 Å². The van der Waals surface area contributed by atoms with Crippen LogP contribution < -0.4 is 0 Å². The highest BCUT2D eigenvalue weighted by Crippen LogP contribution is 2.39. The van der Waals surface area contributed by atoms with Crippen LogP contribution in [0.15, 0.2) is 115 Å². The van der Waals surface area contributed by atoms with E-state index < -0.39 is 0 Å². The lowest BCUT2D eigenvalue weighted by atomic mass is 9.81. The topological polar surface area (TPSA) is 0 Å². The molecule has 0 unspecified atom stereocenters. The van der Waals surface area contributed by atoms with Crippen LogP contribution in [0.2, 0.25) is 0 Å². The summed E-state index contributed by atoms with van der Waals surface area (Å²) >= 11 is 0. The van der Waals surface area contributed by atoms with E-state index in [1.807, 2.05) is 0 Å². The third kappa shape index (κ3) is 2.80. The zero-order valence-corrected chi connectivity index (χ0v) is 15.0. The molecule has 0 heterocycles. The van der Waals surface area contributed by atoms with Gasteiger partial charge in [0.05, 0.1) is 0 Å². The Labute approximate surface area is 159 Å². The molecule has 0 bridgehead atoms. The summed E-state index contributed by atoms with van der Waals surface area (Å²) in [6.07, 6.45) is 0. The van der Waals surface area contributed by atoms with Gasteiger partial charge in [-0.25, -0.2) is 0 Å². The molecule has 0 N–H and O–H groups in total. The van der Waals surface area contributed by atoms with Gasteiger partial charge in [0.2, 0.25) is 0 Å². The first-order valence-electron chi connectivity index (χ1n) is 9.42. The van der Waals surface area contributed by atoms with Crippen LogP contribution in [0, 0.1) is 0 Å². The minimum atomic E-state index is 0.210. The van der Waals surface area contributed by atoms with Gasteiger partial charge >= 0.3 is 0 Å². The zero-order valence-electron chi connectivity index (χ0n) is 15.0. The van der Waals surface area contributed by atoms with Crippen molar-refractivity contribution in [1.82, 2.24) is 0 Å². The lowest BCUT2D eigenvalue weighted by molar-refractivity contribution is 0.991. The number of hydrogen-bond acceptors (Lipinski definition) is 0. The van der Waals surface area contributed by atoms with Gasteiger partial charge in [0.1, 0.15) is 0 Å². The van der Waals surface area contributed by atoms with Gasteiger partial charge < -0.3 is 0 Å². The van der Waals surface area contributed by atoms with Crippen LogP contribution in [0.3, 0.4) is 0 Å². The molecular weight excluding hydrogens is 324 g/mol. The Morgan fingerprint density at radius 3 is 1.52 bits per heavy atom. The molecule has 128 valence electrons. The van der Waals surface area contributed by atoms with Crippen molar-refractivity contribution in [2.24, 2.45) is 0 Å². The molecule has 5 rings (SSSR count). The van der Waals surface area contributed by atoms with Gasteiger partial charge in [-0.2, -0.15) is 0 Å². The Balaban J connectivity index is 1.87. The van der Waals surface area contributed by atoms with Crippen LogP contribution in [0.25, 0.3) is 21.5 Å². The van der Waals surface area contributed by atoms with Crippen molar-refractivity contribution >= 4 is 21.5 Å². The third-order valence-electron chi connectivity index (χ3n) is 5.38. The van der Waals surface area contributed by atoms with Crippen LogP contribution in [0.4, 0.5) is 0 Å². The molecule has 0 radical (unpaired) electrons. The first-order valence-corrected chi connectivity index (χ1v) is 9.42. The molecule has 0 amide bonds. The second-order valence-corrected chi connectivity index (χ2v) is 6.99. The van der Waals surface area contributed by atoms with Gasteiger partial charge in [-0.1, -0.05) is 109 Å². The van der Waals surface area contributed by atoms with Gasteiger partial charge in [-0.15, -0.1) is 0 Å². The van der Waals surface area contributed by atoms with Crippen molar-refractivity contribution in [2.75, 3.05) is 0 Å². The Morgan fingerprint density at radius 2 is 0.889 bits per heavy atom. The maximum Gasteiger partial charge on any atom is 0.0346 e. The monoisotopic (exact) mass is 344 g/mol. The Hall–Kier alpha value is -3.38. The van der Waals surface area contributed by atoms with Crippen LogP contribution in [-0.4, -0.2) is 0 Å². The van der Waals surface area contributed by atoms with Crippen molar-refractivity contribution < 1.29 is 0 Å². The molecular formula is C27H20. The summed E-state index contributed by atoms with van der Waals surface area (Å²) in [6.45, 7) is 0. The maximum absolute atomic E-state index is 2.38. The highest BCUT2D eigenvalue weighted by atomic mass is 14.2. The molecule has 0 saturated heterocycles. The van der Waals surface area contributed by atoms with Crippen molar-refractivity contribution in [3.63, 3.8) is 0 Å². The van der Waals surface area contributed by atoms with E-state index in [-0.39, 0.29) is 5.92 Å². The highest BCUT2D eigenvalue weighted by Gasteiger charge is 2.19. The summed E-state index contributed by atoms with van der Waals surface area (Å²) in [5, 5.41) is 5.26. The van der Waals surface area contributed by atoms with E-state index in [9.17, 15) is 0 Å². The second kappa shape index (κ2) is 6.74. The van der Waals surface area contributed by atoms with Crippen LogP contribution >= 0.6 is 0 Å². The van der Waals surface area contributed by atoms with Crippen LogP contribution in [0.1, 0.15) is 22.6 Å². The fourth-order valence-electron chi connectivity index (χ4n) is 4.16. The molecule has 5 aromatic carbocycles. The van der Waals surface area contributed by atoms with E-state index in [0.29, 0.717) is 0 Å². The highest BCUT2D eigenvalue weighted by molar-refractivity contribution is 6.09. The molecule has 0 aromatic heterocycles. The first kappa shape index (κ1) is 15.8. The van der Waals surface area contributed by atoms with Gasteiger partial charge in [0.15, 0.2) is 0 Å². The van der Waals surface area contributed by atoms with E-state index in [1.54, 1.807) is 0 Å². The van der Waals surface area contributed by atoms with E-state index in [1.165, 1.54) is 38.2 Å². The summed E-state index contributed by atoms with van der Waals surface area (Å²) in [4.78, 5) is 0. The second-order valence-electron chi connectivity index (χ2n) is 6.99. The molecule has 0 aliphatic heterocycles. The molecule has 0 atom stereocenters. The number of benzene rings is 5. The first-order chi connectivity index (χ1) is 13.4. The normalized spacial score (nSPS) is 11.3. The van der Waals surface area contributed by atoms with E-state index in [2.05, 4.69) is 115 Å². The summed E-state index contributed by atoms with van der Waals surface area (Å²) < 4.78 is 0. The SMILES string of the molecule is c1ccc(C(c2ccccc2)c2cc3ccccc3c3ccccc23)cc1. The predicted molar refractivity (Wildman–Crippen MR) is 115 cm³/mol. The Bertz CT molecular complexity index is 1160. The summed E-state index contributed by atoms with van der Waals surface area (Å²) in [5.41, 5.74) is 4.01. The largest absolute Gasteiger partial charge is 0.0622 e. The fourth-order valence-corrected chi connectivity index (χ4v) is 4.16. The zero-order chi connectivity index (χ0) is 18.1. The van der Waals surface area contributed by atoms with Crippen molar-refractivity contribution in [3.8, 4) is 0 Å². The standard InChI is InChI=1S/C27H20/c1-3-11-20(12-4-1)27(21-13-5-2-6-14-21)26-19-22-15-7-8-16-23(22)24-17-9-10-18-25(24)26/h1-19,27H. The van der Waals surface area contributed by atoms with Gasteiger partial charge in [0.25, 0.3) is 0 Å².